The van der Waals surface area contributed by atoms with E-state index >= 15 is 0 Å². The molecular formula is C16H18N2O4S2. The van der Waals surface area contributed by atoms with Crippen LogP contribution in [0, 0.1) is 0 Å². The molecule has 1 aliphatic rings. The van der Waals surface area contributed by atoms with Gasteiger partial charge in [-0.05, 0) is 55.3 Å². The van der Waals surface area contributed by atoms with E-state index in [4.69, 9.17) is 5.14 Å². The second kappa shape index (κ2) is 6.19. The maximum atomic E-state index is 12.7. The average molecular weight is 366 g/mol. The maximum Gasteiger partial charge on any atom is 0.238 e. The van der Waals surface area contributed by atoms with E-state index in [-0.39, 0.29) is 14.7 Å². The van der Waals surface area contributed by atoms with Gasteiger partial charge in [-0.3, -0.25) is 0 Å². The first-order valence-corrected chi connectivity index (χ1v) is 10.5. The first kappa shape index (κ1) is 16.9. The molecule has 1 aliphatic heterocycles. The number of hydrogen-bond donors (Lipinski definition) is 1. The highest BCUT2D eigenvalue weighted by Gasteiger charge is 2.21. The monoisotopic (exact) mass is 366 g/mol. The van der Waals surface area contributed by atoms with Crippen LogP contribution in [0.15, 0.2) is 63.2 Å². The van der Waals surface area contributed by atoms with Gasteiger partial charge in [0.05, 0.1) is 14.7 Å². The normalized spacial score (nSPS) is 15.6. The quantitative estimate of drug-likeness (QED) is 0.889. The highest BCUT2D eigenvalue weighted by Crippen LogP contribution is 2.26. The number of nitrogens with zero attached hydrogens (tertiary/aromatic N) is 1. The first-order chi connectivity index (χ1) is 11.3. The third-order valence-corrected chi connectivity index (χ3v) is 6.74. The third kappa shape index (κ3) is 3.31. The number of rotatable bonds is 4. The number of hydrogen-bond acceptors (Lipinski definition) is 5. The Kier molecular flexibility index (Phi) is 4.37. The van der Waals surface area contributed by atoms with Gasteiger partial charge in [-0.2, -0.15) is 0 Å². The Bertz CT molecular complexity index is 946. The minimum Gasteiger partial charge on any atom is -0.372 e. The molecule has 0 spiro atoms. The number of nitrogens with two attached hydrogens (primary N) is 1. The van der Waals surface area contributed by atoms with Gasteiger partial charge in [0.2, 0.25) is 19.9 Å². The first-order valence-electron chi connectivity index (χ1n) is 7.51. The summed E-state index contributed by atoms with van der Waals surface area (Å²) in [5.41, 5.74) is 0.990. The van der Waals surface area contributed by atoms with Crippen LogP contribution in [0.4, 0.5) is 5.69 Å². The summed E-state index contributed by atoms with van der Waals surface area (Å²) in [6.45, 7) is 1.95. The molecule has 128 valence electrons. The predicted molar refractivity (Wildman–Crippen MR) is 91.2 cm³/mol. The molecule has 1 saturated heterocycles. The van der Waals surface area contributed by atoms with Crippen molar-refractivity contribution in [3.63, 3.8) is 0 Å². The summed E-state index contributed by atoms with van der Waals surface area (Å²) in [6, 6.07) is 11.7. The second-order valence-electron chi connectivity index (χ2n) is 5.71. The second-order valence-corrected chi connectivity index (χ2v) is 9.22. The van der Waals surface area contributed by atoms with Gasteiger partial charge in [-0.1, -0.05) is 6.07 Å². The zero-order valence-corrected chi connectivity index (χ0v) is 14.6. The Morgan fingerprint density at radius 2 is 1.38 bits per heavy atom. The number of primary sulfonamides is 1. The summed E-state index contributed by atoms with van der Waals surface area (Å²) in [7, 11) is -7.76. The fraction of sp³-hybridized carbons (Fsp3) is 0.250. The molecule has 24 heavy (non-hydrogen) atoms. The Morgan fingerprint density at radius 3 is 1.96 bits per heavy atom. The lowest BCUT2D eigenvalue weighted by Crippen LogP contribution is -2.17. The molecule has 0 radical (unpaired) electrons. The predicted octanol–water partition coefficient (Wildman–Crippen LogP) is 1.77. The molecule has 0 saturated carbocycles. The average Bonchev–Trinajstić information content (AvgIpc) is 3.09. The lowest BCUT2D eigenvalue weighted by molar-refractivity contribution is 0.595. The minimum atomic E-state index is -3.96. The van der Waals surface area contributed by atoms with E-state index in [0.717, 1.165) is 37.7 Å². The summed E-state index contributed by atoms with van der Waals surface area (Å²) < 4.78 is 48.2. The maximum absolute atomic E-state index is 12.7. The molecule has 1 fully saturated rings. The van der Waals surface area contributed by atoms with Crippen molar-refractivity contribution in [3.05, 3.63) is 48.5 Å². The van der Waals surface area contributed by atoms with Gasteiger partial charge < -0.3 is 4.90 Å². The summed E-state index contributed by atoms with van der Waals surface area (Å²) in [5, 5.41) is 5.07. The van der Waals surface area contributed by atoms with Gasteiger partial charge >= 0.3 is 0 Å². The molecule has 3 rings (SSSR count). The smallest absolute Gasteiger partial charge is 0.238 e. The van der Waals surface area contributed by atoms with Gasteiger partial charge in [-0.25, -0.2) is 22.0 Å². The van der Waals surface area contributed by atoms with E-state index < -0.39 is 19.9 Å². The summed E-state index contributed by atoms with van der Waals surface area (Å²) >= 11 is 0. The standard InChI is InChI=1S/C16H18N2O4S2/c17-24(21,22)16-5-3-4-15(12-16)23(19,20)14-8-6-13(7-9-14)18-10-1-2-11-18/h3-9,12H,1-2,10-11H2,(H2,17,21,22). The highest BCUT2D eigenvalue weighted by atomic mass is 32.2. The Balaban J connectivity index is 1.96. The largest absolute Gasteiger partial charge is 0.372 e. The van der Waals surface area contributed by atoms with Crippen LogP contribution in [0.5, 0.6) is 0 Å². The molecule has 0 bridgehead atoms. The van der Waals surface area contributed by atoms with Crippen molar-refractivity contribution in [1.29, 1.82) is 0 Å². The van der Waals surface area contributed by atoms with Crippen LogP contribution in [0.2, 0.25) is 0 Å². The third-order valence-electron chi connectivity index (χ3n) is 4.06. The van der Waals surface area contributed by atoms with Crippen molar-refractivity contribution in [2.24, 2.45) is 5.14 Å². The molecule has 0 aromatic heterocycles. The van der Waals surface area contributed by atoms with E-state index in [0.29, 0.717) is 0 Å². The number of sulfonamides is 1. The molecule has 2 aromatic rings. The van der Waals surface area contributed by atoms with E-state index in [2.05, 4.69) is 4.90 Å². The van der Waals surface area contributed by atoms with E-state index in [9.17, 15) is 16.8 Å². The van der Waals surface area contributed by atoms with Gasteiger partial charge in [0.15, 0.2) is 0 Å². The fourth-order valence-electron chi connectivity index (χ4n) is 2.77. The topological polar surface area (TPSA) is 97.5 Å². The van der Waals surface area contributed by atoms with Crippen LogP contribution in [0.25, 0.3) is 0 Å². The lowest BCUT2D eigenvalue weighted by Gasteiger charge is -2.17. The lowest BCUT2D eigenvalue weighted by atomic mass is 10.3. The number of benzene rings is 2. The molecule has 1 heterocycles. The minimum absolute atomic E-state index is 0.0945. The van der Waals surface area contributed by atoms with Crippen LogP contribution < -0.4 is 10.0 Å². The molecule has 2 aromatic carbocycles. The molecule has 0 aliphatic carbocycles. The summed E-state index contributed by atoms with van der Waals surface area (Å²) in [4.78, 5) is 2.01. The zero-order valence-electron chi connectivity index (χ0n) is 12.9. The molecule has 8 heteroatoms. The number of anilines is 1. The molecule has 2 N–H and O–H groups in total. The highest BCUT2D eigenvalue weighted by molar-refractivity contribution is 7.91. The Morgan fingerprint density at radius 1 is 0.792 bits per heavy atom. The van der Waals surface area contributed by atoms with E-state index in [1.807, 2.05) is 0 Å². The molecule has 6 nitrogen and oxygen atoms in total. The van der Waals surface area contributed by atoms with Crippen LogP contribution in [0.1, 0.15) is 12.8 Å². The van der Waals surface area contributed by atoms with Crippen molar-refractivity contribution < 1.29 is 16.8 Å². The van der Waals surface area contributed by atoms with E-state index in [1.54, 1.807) is 24.3 Å². The summed E-state index contributed by atoms with van der Waals surface area (Å²) in [5.74, 6) is 0. The Labute approximate surface area is 141 Å². The van der Waals surface area contributed by atoms with Gasteiger partial charge in [-0.15, -0.1) is 0 Å². The molecular weight excluding hydrogens is 348 g/mol. The fourth-order valence-corrected chi connectivity index (χ4v) is 4.71. The van der Waals surface area contributed by atoms with E-state index in [1.165, 1.54) is 18.2 Å². The van der Waals surface area contributed by atoms with Crippen molar-refractivity contribution in [2.75, 3.05) is 18.0 Å². The van der Waals surface area contributed by atoms with Crippen molar-refractivity contribution in [2.45, 2.75) is 27.5 Å². The SMILES string of the molecule is NS(=O)(=O)c1cccc(S(=O)(=O)c2ccc(N3CCCC3)cc2)c1. The van der Waals surface area contributed by atoms with Gasteiger partial charge in [0.1, 0.15) is 0 Å². The van der Waals surface area contributed by atoms with Crippen LogP contribution in [0.3, 0.4) is 0 Å². The molecule has 0 unspecified atom stereocenters. The Hall–Kier alpha value is -1.90. The van der Waals surface area contributed by atoms with Crippen molar-refractivity contribution in [1.82, 2.24) is 0 Å². The molecule has 0 atom stereocenters. The van der Waals surface area contributed by atoms with Crippen LogP contribution in [-0.4, -0.2) is 29.9 Å². The number of sulfone groups is 1. The zero-order chi connectivity index (χ0) is 17.4. The van der Waals surface area contributed by atoms with Gasteiger partial charge in [0, 0.05) is 18.8 Å². The molecule has 0 amide bonds. The van der Waals surface area contributed by atoms with Crippen molar-refractivity contribution in [3.8, 4) is 0 Å². The van der Waals surface area contributed by atoms with Crippen LogP contribution in [-0.2, 0) is 19.9 Å². The summed E-state index contributed by atoms with van der Waals surface area (Å²) in [6.07, 6.45) is 2.28. The van der Waals surface area contributed by atoms with Gasteiger partial charge in [0.25, 0.3) is 0 Å². The van der Waals surface area contributed by atoms with Crippen LogP contribution >= 0.6 is 0 Å². The van der Waals surface area contributed by atoms with Crippen molar-refractivity contribution >= 4 is 25.5 Å².